The third kappa shape index (κ3) is 3.81. The number of aliphatic carboxylic acids is 1. The fourth-order valence-electron chi connectivity index (χ4n) is 2.60. The Morgan fingerprint density at radius 2 is 1.71 bits per heavy atom. The van der Waals surface area contributed by atoms with Gasteiger partial charge in [0.2, 0.25) is 11.8 Å². The summed E-state index contributed by atoms with van der Waals surface area (Å²) in [6.45, 7) is 0. The Bertz CT molecular complexity index is 563. The smallest absolute Gasteiger partial charge is 0.306 e. The van der Waals surface area contributed by atoms with Gasteiger partial charge in [0.15, 0.2) is 0 Å². The molecule has 0 saturated heterocycles. The van der Waals surface area contributed by atoms with Gasteiger partial charge >= 0.3 is 5.97 Å². The van der Waals surface area contributed by atoms with Crippen molar-refractivity contribution in [3.05, 3.63) is 29.8 Å². The molecule has 1 saturated carbocycles. The maximum absolute atomic E-state index is 12.2. The molecule has 2 amide bonds. The zero-order chi connectivity index (χ0) is 15.4. The van der Waals surface area contributed by atoms with E-state index in [1.807, 2.05) is 0 Å². The predicted octanol–water partition coefficient (Wildman–Crippen LogP) is 1.61. The van der Waals surface area contributed by atoms with Crippen molar-refractivity contribution in [1.82, 2.24) is 0 Å². The van der Waals surface area contributed by atoms with Crippen LogP contribution in [0.25, 0.3) is 0 Å². The number of benzene rings is 1. The topological polar surface area (TPSA) is 109 Å². The van der Waals surface area contributed by atoms with Crippen LogP contribution in [0.2, 0.25) is 0 Å². The highest BCUT2D eigenvalue weighted by Gasteiger charge is 2.29. The van der Waals surface area contributed by atoms with E-state index in [9.17, 15) is 14.4 Å². The Balaban J connectivity index is 1.95. The minimum atomic E-state index is -0.789. The minimum absolute atomic E-state index is 0.138. The monoisotopic (exact) mass is 290 g/mol. The summed E-state index contributed by atoms with van der Waals surface area (Å²) in [4.78, 5) is 34.1. The lowest BCUT2D eigenvalue weighted by Gasteiger charge is -2.25. The first kappa shape index (κ1) is 15.0. The number of carbonyl (C=O) groups is 3. The van der Waals surface area contributed by atoms with Crippen LogP contribution in [0.15, 0.2) is 24.3 Å². The van der Waals surface area contributed by atoms with Crippen molar-refractivity contribution in [3.63, 3.8) is 0 Å². The second kappa shape index (κ2) is 6.39. The number of carbonyl (C=O) groups excluding carboxylic acids is 2. The van der Waals surface area contributed by atoms with E-state index in [-0.39, 0.29) is 17.7 Å². The molecule has 1 aliphatic rings. The first-order chi connectivity index (χ1) is 9.97. The van der Waals surface area contributed by atoms with Crippen molar-refractivity contribution < 1.29 is 19.5 Å². The van der Waals surface area contributed by atoms with Crippen LogP contribution < -0.4 is 11.1 Å². The Morgan fingerprint density at radius 1 is 1.10 bits per heavy atom. The summed E-state index contributed by atoms with van der Waals surface area (Å²) in [7, 11) is 0. The number of amides is 2. The van der Waals surface area contributed by atoms with E-state index < -0.39 is 11.9 Å². The summed E-state index contributed by atoms with van der Waals surface area (Å²) in [6.07, 6.45) is 2.18. The molecule has 112 valence electrons. The molecule has 6 nitrogen and oxygen atoms in total. The lowest BCUT2D eigenvalue weighted by Crippen LogP contribution is -2.29. The van der Waals surface area contributed by atoms with Crippen LogP contribution in [-0.4, -0.2) is 22.9 Å². The Hall–Kier alpha value is -2.37. The number of nitrogens with one attached hydrogen (secondary N) is 1. The molecule has 1 fully saturated rings. The van der Waals surface area contributed by atoms with E-state index in [4.69, 9.17) is 10.8 Å². The molecule has 0 radical (unpaired) electrons. The minimum Gasteiger partial charge on any atom is -0.481 e. The van der Waals surface area contributed by atoms with Crippen molar-refractivity contribution >= 4 is 23.5 Å². The van der Waals surface area contributed by atoms with Crippen molar-refractivity contribution in [2.75, 3.05) is 5.32 Å². The van der Waals surface area contributed by atoms with E-state index in [1.54, 1.807) is 18.2 Å². The SMILES string of the molecule is NC(=O)c1cccc(NC(=O)C2CCC(C(=O)O)CC2)c1. The summed E-state index contributed by atoms with van der Waals surface area (Å²) in [5.41, 5.74) is 6.05. The normalized spacial score (nSPS) is 21.5. The van der Waals surface area contributed by atoms with Gasteiger partial charge in [-0.1, -0.05) is 6.07 Å². The van der Waals surface area contributed by atoms with E-state index >= 15 is 0 Å². The molecule has 0 spiro atoms. The fraction of sp³-hybridized carbons (Fsp3) is 0.400. The number of hydrogen-bond acceptors (Lipinski definition) is 3. The molecule has 0 heterocycles. The maximum atomic E-state index is 12.2. The predicted molar refractivity (Wildman–Crippen MR) is 76.7 cm³/mol. The molecule has 2 rings (SSSR count). The molecule has 6 heteroatoms. The highest BCUT2D eigenvalue weighted by Crippen LogP contribution is 2.29. The van der Waals surface area contributed by atoms with Crippen molar-refractivity contribution in [3.8, 4) is 0 Å². The largest absolute Gasteiger partial charge is 0.481 e. The number of nitrogens with two attached hydrogens (primary N) is 1. The van der Waals surface area contributed by atoms with Gasteiger partial charge in [-0.2, -0.15) is 0 Å². The summed E-state index contributed by atoms with van der Waals surface area (Å²) in [6, 6.07) is 6.45. The number of rotatable bonds is 4. The van der Waals surface area contributed by atoms with E-state index in [0.29, 0.717) is 36.9 Å². The Morgan fingerprint density at radius 3 is 2.29 bits per heavy atom. The van der Waals surface area contributed by atoms with E-state index in [2.05, 4.69) is 5.32 Å². The molecule has 0 unspecified atom stereocenters. The molecule has 4 N–H and O–H groups in total. The molecule has 0 atom stereocenters. The fourth-order valence-corrected chi connectivity index (χ4v) is 2.60. The lowest BCUT2D eigenvalue weighted by atomic mass is 9.81. The molecule has 0 aliphatic heterocycles. The number of anilines is 1. The van der Waals surface area contributed by atoms with Gasteiger partial charge in [0.1, 0.15) is 0 Å². The lowest BCUT2D eigenvalue weighted by molar-refractivity contribution is -0.143. The summed E-state index contributed by atoms with van der Waals surface area (Å²) in [5, 5.41) is 11.7. The Kier molecular flexibility index (Phi) is 4.57. The van der Waals surface area contributed by atoms with Crippen LogP contribution in [-0.2, 0) is 9.59 Å². The highest BCUT2D eigenvalue weighted by atomic mass is 16.4. The van der Waals surface area contributed by atoms with Crippen molar-refractivity contribution in [2.45, 2.75) is 25.7 Å². The number of carboxylic acids is 1. The number of hydrogen-bond donors (Lipinski definition) is 3. The van der Waals surface area contributed by atoms with Gasteiger partial charge in [-0.15, -0.1) is 0 Å². The number of primary amides is 1. The Labute approximate surface area is 122 Å². The van der Waals surface area contributed by atoms with Crippen LogP contribution in [0.3, 0.4) is 0 Å². The standard InChI is InChI=1S/C15H18N2O4/c16-13(18)11-2-1-3-12(8-11)17-14(19)9-4-6-10(7-5-9)15(20)21/h1-3,8-10H,4-7H2,(H2,16,18)(H,17,19)(H,20,21). The van der Waals surface area contributed by atoms with E-state index in [1.165, 1.54) is 6.07 Å². The molecule has 21 heavy (non-hydrogen) atoms. The van der Waals surface area contributed by atoms with Gasteiger partial charge in [-0.25, -0.2) is 0 Å². The summed E-state index contributed by atoms with van der Waals surface area (Å²) >= 11 is 0. The van der Waals surface area contributed by atoms with Crippen LogP contribution in [0.1, 0.15) is 36.0 Å². The zero-order valence-electron chi connectivity index (χ0n) is 11.5. The highest BCUT2D eigenvalue weighted by molar-refractivity contribution is 5.96. The molecule has 1 aromatic carbocycles. The molecular formula is C15H18N2O4. The average Bonchev–Trinajstić information content (AvgIpc) is 2.47. The second-order valence-corrected chi connectivity index (χ2v) is 5.32. The van der Waals surface area contributed by atoms with Gasteiger partial charge in [0.25, 0.3) is 0 Å². The first-order valence-electron chi connectivity index (χ1n) is 6.91. The number of carboxylic acid groups (broad SMARTS) is 1. The van der Waals surface area contributed by atoms with Gasteiger partial charge in [0.05, 0.1) is 5.92 Å². The summed E-state index contributed by atoms with van der Waals surface area (Å²) < 4.78 is 0. The molecular weight excluding hydrogens is 272 g/mol. The molecule has 1 aliphatic carbocycles. The average molecular weight is 290 g/mol. The third-order valence-electron chi connectivity index (χ3n) is 3.86. The second-order valence-electron chi connectivity index (χ2n) is 5.32. The molecule has 0 aromatic heterocycles. The van der Waals surface area contributed by atoms with Crippen LogP contribution >= 0.6 is 0 Å². The zero-order valence-corrected chi connectivity index (χ0v) is 11.5. The van der Waals surface area contributed by atoms with Crippen molar-refractivity contribution in [1.29, 1.82) is 0 Å². The first-order valence-corrected chi connectivity index (χ1v) is 6.91. The van der Waals surface area contributed by atoms with Crippen LogP contribution in [0.5, 0.6) is 0 Å². The van der Waals surface area contributed by atoms with E-state index in [0.717, 1.165) is 0 Å². The third-order valence-corrected chi connectivity index (χ3v) is 3.86. The van der Waals surface area contributed by atoms with Crippen LogP contribution in [0.4, 0.5) is 5.69 Å². The van der Waals surface area contributed by atoms with Gasteiger partial charge < -0.3 is 16.2 Å². The maximum Gasteiger partial charge on any atom is 0.306 e. The van der Waals surface area contributed by atoms with Crippen molar-refractivity contribution in [2.24, 2.45) is 17.6 Å². The summed E-state index contributed by atoms with van der Waals surface area (Å²) in [5.74, 6) is -2.00. The van der Waals surface area contributed by atoms with Gasteiger partial charge in [0, 0.05) is 17.2 Å². The quantitative estimate of drug-likeness (QED) is 0.782. The molecule has 1 aromatic rings. The van der Waals surface area contributed by atoms with Crippen LogP contribution in [0, 0.1) is 11.8 Å². The molecule has 0 bridgehead atoms. The van der Waals surface area contributed by atoms with Gasteiger partial charge in [-0.05, 0) is 43.9 Å². The van der Waals surface area contributed by atoms with Gasteiger partial charge in [-0.3, -0.25) is 14.4 Å².